The van der Waals surface area contributed by atoms with Gasteiger partial charge in [0.15, 0.2) is 5.11 Å². The lowest BCUT2D eigenvalue weighted by Gasteiger charge is -2.09. The van der Waals surface area contributed by atoms with Gasteiger partial charge in [0.1, 0.15) is 16.8 Å². The van der Waals surface area contributed by atoms with Crippen molar-refractivity contribution in [1.29, 1.82) is 5.26 Å². The molecule has 0 aliphatic heterocycles. The Hall–Kier alpha value is -2.43. The topological polar surface area (TPSA) is 78.1 Å². The first kappa shape index (κ1) is 16.4. The third-order valence-electron chi connectivity index (χ3n) is 3.69. The van der Waals surface area contributed by atoms with Crippen LogP contribution in [0.1, 0.15) is 34.6 Å². The number of nitrogens with one attached hydrogen (secondary N) is 2. The smallest absolute Gasteiger partial charge is 0.250 e. The van der Waals surface area contributed by atoms with Gasteiger partial charge in [0.2, 0.25) is 5.91 Å². The van der Waals surface area contributed by atoms with Gasteiger partial charge in [0, 0.05) is 11.0 Å². The van der Waals surface area contributed by atoms with Crippen LogP contribution >= 0.6 is 23.6 Å². The van der Waals surface area contributed by atoms with Crippen molar-refractivity contribution >= 4 is 45.7 Å². The molecule has 1 amide bonds. The van der Waals surface area contributed by atoms with Crippen molar-refractivity contribution in [3.05, 3.63) is 46.2 Å². The lowest BCUT2D eigenvalue weighted by atomic mass is 9.96. The van der Waals surface area contributed by atoms with Gasteiger partial charge < -0.3 is 9.73 Å². The maximum atomic E-state index is 11.9. The Labute approximate surface area is 149 Å². The molecule has 0 fully saturated rings. The molecule has 122 valence electrons. The number of carbonyl (C=O) groups is 1. The lowest BCUT2D eigenvalue weighted by Crippen LogP contribution is -2.32. The van der Waals surface area contributed by atoms with E-state index in [0.29, 0.717) is 16.3 Å². The van der Waals surface area contributed by atoms with E-state index in [0.717, 1.165) is 31.2 Å². The molecule has 0 saturated carbocycles. The maximum absolute atomic E-state index is 11.9. The van der Waals surface area contributed by atoms with E-state index < -0.39 is 0 Å². The number of thiophene rings is 1. The molecule has 2 N–H and O–H groups in total. The molecule has 0 unspecified atom stereocenters. The molecule has 0 radical (unpaired) electrons. The first-order valence-electron chi connectivity index (χ1n) is 7.55. The van der Waals surface area contributed by atoms with Gasteiger partial charge >= 0.3 is 0 Å². The summed E-state index contributed by atoms with van der Waals surface area (Å²) in [5, 5.41) is 15.9. The molecular weight excluding hydrogens is 342 g/mol. The summed E-state index contributed by atoms with van der Waals surface area (Å²) in [5.74, 6) is 0.227. The minimum atomic E-state index is -0.358. The van der Waals surface area contributed by atoms with E-state index in [2.05, 4.69) is 16.7 Å². The third-order valence-corrected chi connectivity index (χ3v) is 5.10. The summed E-state index contributed by atoms with van der Waals surface area (Å²) in [6, 6.07) is 5.74. The monoisotopic (exact) mass is 357 g/mol. The van der Waals surface area contributed by atoms with Gasteiger partial charge in [-0.3, -0.25) is 10.1 Å². The molecule has 0 atom stereocenters. The second kappa shape index (κ2) is 7.43. The van der Waals surface area contributed by atoms with E-state index in [1.54, 1.807) is 29.5 Å². The molecule has 2 aromatic heterocycles. The van der Waals surface area contributed by atoms with E-state index in [1.807, 2.05) is 0 Å². The predicted molar refractivity (Wildman–Crippen MR) is 97.8 cm³/mol. The van der Waals surface area contributed by atoms with Crippen LogP contribution in [0.25, 0.3) is 6.08 Å². The van der Waals surface area contributed by atoms with Gasteiger partial charge in [-0.05, 0) is 61.7 Å². The fraction of sp³-hybridized carbons (Fsp3) is 0.235. The number of amides is 1. The van der Waals surface area contributed by atoms with E-state index in [4.69, 9.17) is 16.6 Å². The zero-order chi connectivity index (χ0) is 16.9. The molecular formula is C17H15N3O2S2. The zero-order valence-corrected chi connectivity index (χ0v) is 14.4. The van der Waals surface area contributed by atoms with Gasteiger partial charge in [-0.2, -0.15) is 5.26 Å². The van der Waals surface area contributed by atoms with E-state index in [-0.39, 0.29) is 11.0 Å². The van der Waals surface area contributed by atoms with Gasteiger partial charge in [-0.25, -0.2) is 0 Å². The Morgan fingerprint density at radius 3 is 3.00 bits per heavy atom. The Balaban J connectivity index is 1.64. The molecule has 0 bridgehead atoms. The number of thiocarbonyl (C=S) groups is 1. The van der Waals surface area contributed by atoms with Gasteiger partial charge in [0.25, 0.3) is 0 Å². The molecule has 24 heavy (non-hydrogen) atoms. The van der Waals surface area contributed by atoms with Gasteiger partial charge in [0.05, 0.1) is 11.8 Å². The molecule has 0 aromatic carbocycles. The molecule has 3 rings (SSSR count). The normalized spacial score (nSPS) is 13.3. The molecule has 1 aliphatic carbocycles. The summed E-state index contributed by atoms with van der Waals surface area (Å²) in [4.78, 5) is 13.1. The average molecular weight is 357 g/mol. The van der Waals surface area contributed by atoms with E-state index in [9.17, 15) is 10.1 Å². The van der Waals surface area contributed by atoms with Crippen LogP contribution in [-0.4, -0.2) is 11.0 Å². The number of aryl methyl sites for hydroxylation is 1. The molecule has 5 nitrogen and oxygen atoms in total. The standard InChI is InChI=1S/C17H15N3O2S2/c18-10-13-12-5-1-2-6-14(12)24-16(13)20-17(23)19-15(21)8-7-11-4-3-9-22-11/h3-4,7-9H,1-2,5-6H2,(H2,19,20,21,23)/b8-7+. The second-order valence-electron chi connectivity index (χ2n) is 5.32. The number of hydrogen-bond acceptors (Lipinski definition) is 5. The Morgan fingerprint density at radius 2 is 2.25 bits per heavy atom. The van der Waals surface area contributed by atoms with Crippen molar-refractivity contribution in [1.82, 2.24) is 5.32 Å². The summed E-state index contributed by atoms with van der Waals surface area (Å²) in [7, 11) is 0. The highest BCUT2D eigenvalue weighted by Crippen LogP contribution is 2.37. The Bertz CT molecular complexity index is 829. The number of furan rings is 1. The van der Waals surface area contributed by atoms with Crippen LogP contribution in [0.15, 0.2) is 28.9 Å². The van der Waals surface area contributed by atoms with Crippen LogP contribution in [0.2, 0.25) is 0 Å². The van der Waals surface area contributed by atoms with E-state index >= 15 is 0 Å². The molecule has 2 aromatic rings. The summed E-state index contributed by atoms with van der Waals surface area (Å²) in [6.45, 7) is 0. The fourth-order valence-corrected chi connectivity index (χ4v) is 4.12. The number of nitrogens with zero attached hydrogens (tertiary/aromatic N) is 1. The molecule has 0 saturated heterocycles. The summed E-state index contributed by atoms with van der Waals surface area (Å²) in [6.07, 6.45) is 8.63. The Kier molecular flexibility index (Phi) is 5.08. The fourth-order valence-electron chi connectivity index (χ4n) is 2.60. The quantitative estimate of drug-likeness (QED) is 0.648. The van der Waals surface area contributed by atoms with Crippen molar-refractivity contribution < 1.29 is 9.21 Å². The van der Waals surface area contributed by atoms with Crippen LogP contribution in [0.5, 0.6) is 0 Å². The van der Waals surface area contributed by atoms with Crippen molar-refractivity contribution in [2.75, 3.05) is 5.32 Å². The average Bonchev–Trinajstić information content (AvgIpc) is 3.19. The largest absolute Gasteiger partial charge is 0.465 e. The van der Waals surface area contributed by atoms with Crippen LogP contribution in [0.4, 0.5) is 5.00 Å². The van der Waals surface area contributed by atoms with Gasteiger partial charge in [-0.1, -0.05) is 0 Å². The zero-order valence-electron chi connectivity index (χ0n) is 12.8. The van der Waals surface area contributed by atoms with Crippen LogP contribution < -0.4 is 10.6 Å². The number of hydrogen-bond donors (Lipinski definition) is 2. The maximum Gasteiger partial charge on any atom is 0.250 e. The lowest BCUT2D eigenvalue weighted by molar-refractivity contribution is -0.115. The number of carbonyl (C=O) groups excluding carboxylic acids is 1. The number of anilines is 1. The Morgan fingerprint density at radius 1 is 1.42 bits per heavy atom. The highest BCUT2D eigenvalue weighted by Gasteiger charge is 2.21. The second-order valence-corrected chi connectivity index (χ2v) is 6.83. The molecule has 1 aliphatic rings. The van der Waals surface area contributed by atoms with Crippen molar-refractivity contribution in [2.45, 2.75) is 25.7 Å². The van der Waals surface area contributed by atoms with Crippen molar-refractivity contribution in [3.63, 3.8) is 0 Å². The predicted octanol–water partition coefficient (Wildman–Crippen LogP) is 3.62. The SMILES string of the molecule is N#Cc1c(NC(=S)NC(=O)/C=C/c2ccco2)sc2c1CCCC2. The van der Waals surface area contributed by atoms with Crippen LogP contribution in [0, 0.1) is 11.3 Å². The summed E-state index contributed by atoms with van der Waals surface area (Å²) >= 11 is 6.72. The number of nitriles is 1. The first-order valence-corrected chi connectivity index (χ1v) is 8.78. The van der Waals surface area contributed by atoms with Crippen LogP contribution in [-0.2, 0) is 17.6 Å². The summed E-state index contributed by atoms with van der Waals surface area (Å²) < 4.78 is 5.11. The highest BCUT2D eigenvalue weighted by atomic mass is 32.1. The van der Waals surface area contributed by atoms with Gasteiger partial charge in [-0.15, -0.1) is 11.3 Å². The van der Waals surface area contributed by atoms with Crippen LogP contribution in [0.3, 0.4) is 0 Å². The van der Waals surface area contributed by atoms with E-state index in [1.165, 1.54) is 17.2 Å². The highest BCUT2D eigenvalue weighted by molar-refractivity contribution is 7.80. The molecule has 0 spiro atoms. The van der Waals surface area contributed by atoms with Crippen molar-refractivity contribution in [2.24, 2.45) is 0 Å². The van der Waals surface area contributed by atoms with Crippen molar-refractivity contribution in [3.8, 4) is 6.07 Å². The molecule has 7 heteroatoms. The minimum absolute atomic E-state index is 0.180. The molecule has 2 heterocycles. The summed E-state index contributed by atoms with van der Waals surface area (Å²) in [5.41, 5.74) is 1.78. The number of rotatable bonds is 3. The first-order chi connectivity index (χ1) is 11.7. The number of fused-ring (bicyclic) bond motifs is 1. The minimum Gasteiger partial charge on any atom is -0.465 e. The third kappa shape index (κ3) is 3.72.